The number of hydrogen-bond donors (Lipinski definition) is 3. The zero-order valence-electron chi connectivity index (χ0n) is 24.9. The third-order valence-electron chi connectivity index (χ3n) is 9.32. The number of carbonyl (C=O) groups excluding carboxylic acids is 3. The Labute approximate surface area is 259 Å². The SMILES string of the molecule is CCCCN1C(=O)[C@@H]([C@H](O)C2CCCC2)NC(=O)C12CCN(Cc1ccc(NC(=O)Cc3ccc(F)cc3)cc1)CC2.Cl. The third-order valence-corrected chi connectivity index (χ3v) is 9.32. The Kier molecular flexibility index (Phi) is 11.2. The lowest BCUT2D eigenvalue weighted by Gasteiger charge is -2.52. The van der Waals surface area contributed by atoms with E-state index in [-0.39, 0.29) is 48.3 Å². The van der Waals surface area contributed by atoms with Crippen LogP contribution in [0.5, 0.6) is 0 Å². The second kappa shape index (κ2) is 14.6. The van der Waals surface area contributed by atoms with Gasteiger partial charge in [-0.15, -0.1) is 12.4 Å². The van der Waals surface area contributed by atoms with E-state index in [1.807, 2.05) is 24.3 Å². The summed E-state index contributed by atoms with van der Waals surface area (Å²) in [5, 5.41) is 16.9. The predicted octanol–water partition coefficient (Wildman–Crippen LogP) is 4.44. The summed E-state index contributed by atoms with van der Waals surface area (Å²) >= 11 is 0. The summed E-state index contributed by atoms with van der Waals surface area (Å²) in [6, 6.07) is 12.8. The highest BCUT2D eigenvalue weighted by atomic mass is 35.5. The number of carbonyl (C=O) groups is 3. The van der Waals surface area contributed by atoms with Gasteiger partial charge in [-0.2, -0.15) is 0 Å². The molecule has 3 amide bonds. The number of rotatable bonds is 10. The molecule has 8 nitrogen and oxygen atoms in total. The average molecular weight is 615 g/mol. The van der Waals surface area contributed by atoms with Gasteiger partial charge in [0.05, 0.1) is 12.5 Å². The summed E-state index contributed by atoms with van der Waals surface area (Å²) in [6.45, 7) is 4.67. The van der Waals surface area contributed by atoms with Gasteiger partial charge in [0, 0.05) is 31.9 Å². The summed E-state index contributed by atoms with van der Waals surface area (Å²) in [5.74, 6) is -0.682. The molecule has 2 aromatic carbocycles. The van der Waals surface area contributed by atoms with E-state index in [2.05, 4.69) is 22.5 Å². The summed E-state index contributed by atoms with van der Waals surface area (Å²) in [7, 11) is 0. The fraction of sp³-hybridized carbons (Fsp3) is 0.545. The molecule has 2 aromatic rings. The van der Waals surface area contributed by atoms with Crippen molar-refractivity contribution in [1.29, 1.82) is 0 Å². The molecule has 10 heteroatoms. The van der Waals surface area contributed by atoms with Crippen molar-refractivity contribution < 1.29 is 23.9 Å². The van der Waals surface area contributed by atoms with Gasteiger partial charge in [-0.05, 0) is 73.4 Å². The maximum absolute atomic E-state index is 13.7. The van der Waals surface area contributed by atoms with E-state index >= 15 is 0 Å². The Morgan fingerprint density at radius 2 is 1.67 bits per heavy atom. The number of unbranched alkanes of at least 4 members (excludes halogenated alkanes) is 1. The fourth-order valence-electron chi connectivity index (χ4n) is 6.80. The van der Waals surface area contributed by atoms with Crippen LogP contribution in [0.1, 0.15) is 69.4 Å². The molecule has 234 valence electrons. The highest BCUT2D eigenvalue weighted by molar-refractivity contribution is 6.00. The zero-order valence-corrected chi connectivity index (χ0v) is 25.7. The van der Waals surface area contributed by atoms with Gasteiger partial charge in [-0.1, -0.05) is 50.5 Å². The Morgan fingerprint density at radius 1 is 1.05 bits per heavy atom. The minimum Gasteiger partial charge on any atom is -0.390 e. The van der Waals surface area contributed by atoms with Gasteiger partial charge in [0.25, 0.3) is 0 Å². The molecule has 43 heavy (non-hydrogen) atoms. The molecule has 1 saturated carbocycles. The number of benzene rings is 2. The van der Waals surface area contributed by atoms with Gasteiger partial charge >= 0.3 is 0 Å². The van der Waals surface area contributed by atoms with Crippen LogP contribution >= 0.6 is 12.4 Å². The van der Waals surface area contributed by atoms with E-state index in [0.717, 1.165) is 49.7 Å². The van der Waals surface area contributed by atoms with Gasteiger partial charge in [-0.25, -0.2) is 4.39 Å². The van der Waals surface area contributed by atoms with E-state index in [1.165, 1.54) is 12.1 Å². The number of nitrogens with one attached hydrogen (secondary N) is 2. The van der Waals surface area contributed by atoms with Crippen LogP contribution in [-0.2, 0) is 27.3 Å². The lowest BCUT2D eigenvalue weighted by Crippen LogP contribution is -2.75. The Balaban J connectivity index is 0.00000423. The van der Waals surface area contributed by atoms with Crippen LogP contribution in [0.3, 0.4) is 0 Å². The fourth-order valence-corrected chi connectivity index (χ4v) is 6.80. The van der Waals surface area contributed by atoms with Gasteiger partial charge < -0.3 is 20.6 Å². The molecular weight excluding hydrogens is 571 g/mol. The molecule has 3 aliphatic rings. The molecule has 2 heterocycles. The maximum Gasteiger partial charge on any atom is 0.248 e. The summed E-state index contributed by atoms with van der Waals surface area (Å²) in [5.41, 5.74) is 1.67. The first-order chi connectivity index (χ1) is 20.3. The average Bonchev–Trinajstić information content (AvgIpc) is 3.53. The highest BCUT2D eigenvalue weighted by Crippen LogP contribution is 2.36. The largest absolute Gasteiger partial charge is 0.390 e. The molecule has 1 spiro atoms. The molecule has 3 N–H and O–H groups in total. The van der Waals surface area contributed by atoms with Crippen LogP contribution in [0.2, 0.25) is 0 Å². The number of aliphatic hydroxyl groups excluding tert-OH is 1. The third kappa shape index (κ3) is 7.56. The summed E-state index contributed by atoms with van der Waals surface area (Å²) in [4.78, 5) is 43.9. The number of anilines is 1. The molecule has 5 rings (SSSR count). The second-order valence-corrected chi connectivity index (χ2v) is 12.2. The first kappa shape index (κ1) is 32.9. The lowest BCUT2D eigenvalue weighted by atomic mass is 9.80. The van der Waals surface area contributed by atoms with Crippen LogP contribution in [0.15, 0.2) is 48.5 Å². The number of hydrogen-bond acceptors (Lipinski definition) is 5. The van der Waals surface area contributed by atoms with Crippen LogP contribution in [0.25, 0.3) is 0 Å². The number of amides is 3. The van der Waals surface area contributed by atoms with Crippen LogP contribution in [0.4, 0.5) is 10.1 Å². The first-order valence-electron chi connectivity index (χ1n) is 15.4. The van der Waals surface area contributed by atoms with E-state index in [4.69, 9.17) is 0 Å². The minimum atomic E-state index is -0.868. The second-order valence-electron chi connectivity index (χ2n) is 12.2. The van der Waals surface area contributed by atoms with Crippen molar-refractivity contribution in [2.45, 2.75) is 88.9 Å². The molecule has 2 saturated heterocycles. The van der Waals surface area contributed by atoms with E-state index < -0.39 is 17.7 Å². The van der Waals surface area contributed by atoms with Crippen LogP contribution in [0, 0.1) is 11.7 Å². The standard InChI is InChI=1S/C33H43FN4O4.ClH/c1-2-3-18-38-31(41)29(30(40)25-6-4-5-7-25)36-32(42)33(38)16-19-37(20-17-33)22-24-10-14-27(15-11-24)35-28(39)21-23-8-12-26(34)13-9-23;/h8-15,25,29-30,40H,2-7,16-22H2,1H3,(H,35,39)(H,36,42);1H/t29-,30-;/m1./s1. The molecule has 2 atom stereocenters. The maximum atomic E-state index is 13.7. The Morgan fingerprint density at radius 3 is 2.30 bits per heavy atom. The molecular formula is C33H44ClFN4O4. The minimum absolute atomic E-state index is 0. The lowest BCUT2D eigenvalue weighted by molar-refractivity contribution is -0.165. The molecule has 0 aromatic heterocycles. The molecule has 0 unspecified atom stereocenters. The monoisotopic (exact) mass is 614 g/mol. The van der Waals surface area contributed by atoms with Crippen molar-refractivity contribution in [1.82, 2.24) is 15.1 Å². The van der Waals surface area contributed by atoms with Gasteiger partial charge in [0.1, 0.15) is 17.4 Å². The molecule has 1 aliphatic carbocycles. The molecule has 3 fully saturated rings. The van der Waals surface area contributed by atoms with E-state index in [9.17, 15) is 23.9 Å². The smallest absolute Gasteiger partial charge is 0.248 e. The van der Waals surface area contributed by atoms with Crippen molar-refractivity contribution in [2.75, 3.05) is 25.0 Å². The van der Waals surface area contributed by atoms with Crippen LogP contribution < -0.4 is 10.6 Å². The van der Waals surface area contributed by atoms with E-state index in [1.54, 1.807) is 17.0 Å². The van der Waals surface area contributed by atoms with Crippen LogP contribution in [-0.4, -0.2) is 69.9 Å². The van der Waals surface area contributed by atoms with Crippen molar-refractivity contribution in [3.05, 3.63) is 65.5 Å². The van der Waals surface area contributed by atoms with Crippen molar-refractivity contribution in [3.63, 3.8) is 0 Å². The van der Waals surface area contributed by atoms with Crippen molar-refractivity contribution in [2.24, 2.45) is 5.92 Å². The Bertz CT molecular complexity index is 1240. The number of piperazine rings is 1. The summed E-state index contributed by atoms with van der Waals surface area (Å²) < 4.78 is 13.1. The zero-order chi connectivity index (χ0) is 29.7. The number of halogens is 2. The molecule has 2 aliphatic heterocycles. The first-order valence-corrected chi connectivity index (χ1v) is 15.4. The predicted molar refractivity (Wildman–Crippen MR) is 166 cm³/mol. The number of nitrogens with zero attached hydrogens (tertiary/aromatic N) is 2. The number of piperidine rings is 1. The summed E-state index contributed by atoms with van der Waals surface area (Å²) in [6.07, 6.45) is 6.12. The quantitative estimate of drug-likeness (QED) is 0.367. The molecule has 0 radical (unpaired) electrons. The van der Waals surface area contributed by atoms with Gasteiger partial charge in [0.15, 0.2) is 0 Å². The van der Waals surface area contributed by atoms with Crippen molar-refractivity contribution >= 4 is 35.8 Å². The normalized spacial score (nSPS) is 21.4. The Hall–Kier alpha value is -3.01. The van der Waals surface area contributed by atoms with Gasteiger partial charge in [-0.3, -0.25) is 19.3 Å². The van der Waals surface area contributed by atoms with E-state index in [0.29, 0.717) is 44.7 Å². The van der Waals surface area contributed by atoms with Crippen molar-refractivity contribution in [3.8, 4) is 0 Å². The highest BCUT2D eigenvalue weighted by Gasteiger charge is 2.55. The van der Waals surface area contributed by atoms with Gasteiger partial charge in [0.2, 0.25) is 17.7 Å². The topological polar surface area (TPSA) is 102 Å². The molecule has 0 bridgehead atoms. The number of likely N-dealkylation sites (tertiary alicyclic amines) is 1. The number of aliphatic hydroxyl groups is 1.